The van der Waals surface area contributed by atoms with E-state index in [4.69, 9.17) is 14.6 Å². The van der Waals surface area contributed by atoms with Crippen molar-refractivity contribution in [3.05, 3.63) is 29.6 Å². The third-order valence-corrected chi connectivity index (χ3v) is 2.69. The van der Waals surface area contributed by atoms with Crippen molar-refractivity contribution in [3.8, 4) is 17.6 Å². The second-order valence-corrected chi connectivity index (χ2v) is 6.39. The highest BCUT2D eigenvalue weighted by Crippen LogP contribution is 2.20. The molecule has 0 heterocycles. The maximum Gasteiger partial charge on any atom is 0.408 e. The Balaban J connectivity index is 2.82. The number of hydrogen-bond acceptors (Lipinski definition) is 4. The number of rotatable bonds is 4. The molecule has 2 atom stereocenters. The number of carbonyl (C=O) groups excluding carboxylic acids is 1. The van der Waals surface area contributed by atoms with Crippen molar-refractivity contribution < 1.29 is 23.8 Å². The lowest BCUT2D eigenvalue weighted by atomic mass is 10.2. The molecule has 0 saturated heterocycles. The number of amides is 1. The standard InChI is InChI=1S/C18H24FNO4/c1-12(20-17(22)24-18(3,4)5)6-7-14-8-9-15(19)10-16(14)23-13(2)11-21/h8-10,12-13,21H,11H2,1-5H3,(H,20,22)/t12-,13-/m1/s1. The van der Waals surface area contributed by atoms with Crippen molar-refractivity contribution in [3.63, 3.8) is 0 Å². The largest absolute Gasteiger partial charge is 0.487 e. The average Bonchev–Trinajstić information content (AvgIpc) is 2.44. The molecule has 6 heteroatoms. The van der Waals surface area contributed by atoms with E-state index in [1.54, 1.807) is 34.6 Å². The summed E-state index contributed by atoms with van der Waals surface area (Å²) in [5, 5.41) is 11.6. The van der Waals surface area contributed by atoms with Crippen LogP contribution >= 0.6 is 0 Å². The molecule has 0 aliphatic heterocycles. The molecule has 0 aromatic heterocycles. The van der Waals surface area contributed by atoms with Crippen LogP contribution in [0.5, 0.6) is 5.75 Å². The van der Waals surface area contributed by atoms with Gasteiger partial charge >= 0.3 is 6.09 Å². The van der Waals surface area contributed by atoms with E-state index in [0.717, 1.165) is 0 Å². The molecule has 0 bridgehead atoms. The van der Waals surface area contributed by atoms with Crippen molar-refractivity contribution in [1.29, 1.82) is 0 Å². The van der Waals surface area contributed by atoms with Gasteiger partial charge in [0.05, 0.1) is 18.2 Å². The van der Waals surface area contributed by atoms with Gasteiger partial charge in [-0.25, -0.2) is 9.18 Å². The summed E-state index contributed by atoms with van der Waals surface area (Å²) in [5.41, 5.74) is -0.121. The molecule has 1 aromatic carbocycles. The number of aliphatic hydroxyl groups excluding tert-OH is 1. The molecule has 0 saturated carbocycles. The van der Waals surface area contributed by atoms with E-state index in [2.05, 4.69) is 17.2 Å². The van der Waals surface area contributed by atoms with Gasteiger partial charge in [-0.1, -0.05) is 11.8 Å². The lowest BCUT2D eigenvalue weighted by Gasteiger charge is -2.20. The molecule has 0 fully saturated rings. The number of alkyl carbamates (subject to hydrolysis) is 1. The summed E-state index contributed by atoms with van der Waals surface area (Å²) in [6.07, 6.45) is -1.04. The Bertz CT molecular complexity index is 628. The van der Waals surface area contributed by atoms with Crippen LogP contribution in [0.4, 0.5) is 9.18 Å². The van der Waals surface area contributed by atoms with Crippen LogP contribution in [0.3, 0.4) is 0 Å². The molecule has 132 valence electrons. The van der Waals surface area contributed by atoms with Gasteiger partial charge in [0, 0.05) is 6.07 Å². The maximum atomic E-state index is 13.4. The SMILES string of the molecule is C[C@H](C#Cc1ccc(F)cc1O[C@H](C)CO)NC(=O)OC(C)(C)C. The predicted molar refractivity (Wildman–Crippen MR) is 89.3 cm³/mol. The number of aliphatic hydroxyl groups is 1. The first-order valence-electron chi connectivity index (χ1n) is 7.69. The van der Waals surface area contributed by atoms with Crippen molar-refractivity contribution in [1.82, 2.24) is 5.32 Å². The topological polar surface area (TPSA) is 67.8 Å². The minimum atomic E-state index is -0.588. The summed E-state index contributed by atoms with van der Waals surface area (Å²) < 4.78 is 24.0. The van der Waals surface area contributed by atoms with Crippen LogP contribution in [0.15, 0.2) is 18.2 Å². The fraction of sp³-hybridized carbons (Fsp3) is 0.500. The Hall–Kier alpha value is -2.26. The molecule has 1 amide bonds. The van der Waals surface area contributed by atoms with Crippen molar-refractivity contribution in [2.45, 2.75) is 52.4 Å². The Kier molecular flexibility index (Phi) is 7.05. The van der Waals surface area contributed by atoms with Crippen LogP contribution in [0, 0.1) is 17.7 Å². The molecule has 0 radical (unpaired) electrons. The van der Waals surface area contributed by atoms with E-state index < -0.39 is 29.7 Å². The van der Waals surface area contributed by atoms with Crippen molar-refractivity contribution >= 4 is 6.09 Å². The maximum absolute atomic E-state index is 13.4. The quantitative estimate of drug-likeness (QED) is 0.829. The van der Waals surface area contributed by atoms with Crippen molar-refractivity contribution in [2.24, 2.45) is 0 Å². The van der Waals surface area contributed by atoms with E-state index in [1.165, 1.54) is 18.2 Å². The molecule has 0 spiro atoms. The minimum Gasteiger partial charge on any atom is -0.487 e. The second kappa shape index (κ2) is 8.55. The number of nitrogens with one attached hydrogen (secondary N) is 1. The molecule has 0 unspecified atom stereocenters. The van der Waals surface area contributed by atoms with E-state index in [9.17, 15) is 9.18 Å². The summed E-state index contributed by atoms with van der Waals surface area (Å²) in [7, 11) is 0. The van der Waals surface area contributed by atoms with Gasteiger partial charge < -0.3 is 19.9 Å². The number of ether oxygens (including phenoxy) is 2. The highest BCUT2D eigenvalue weighted by molar-refractivity contribution is 5.68. The van der Waals surface area contributed by atoms with Gasteiger partial charge in [0.1, 0.15) is 23.3 Å². The highest BCUT2D eigenvalue weighted by Gasteiger charge is 2.17. The third kappa shape index (κ3) is 7.34. The van der Waals surface area contributed by atoms with Crippen molar-refractivity contribution in [2.75, 3.05) is 6.61 Å². The number of carbonyl (C=O) groups is 1. The van der Waals surface area contributed by atoms with Gasteiger partial charge in [-0.15, -0.1) is 0 Å². The predicted octanol–water partition coefficient (Wildman–Crippen LogP) is 2.85. The van der Waals surface area contributed by atoms with Gasteiger partial charge in [0.2, 0.25) is 0 Å². The first-order valence-corrected chi connectivity index (χ1v) is 7.69. The van der Waals surface area contributed by atoms with Crippen LogP contribution in [0.2, 0.25) is 0 Å². The van der Waals surface area contributed by atoms with E-state index in [0.29, 0.717) is 5.56 Å². The zero-order valence-corrected chi connectivity index (χ0v) is 14.6. The molecule has 0 aliphatic carbocycles. The Labute approximate surface area is 142 Å². The van der Waals surface area contributed by atoms with Crippen LogP contribution in [0.1, 0.15) is 40.2 Å². The second-order valence-electron chi connectivity index (χ2n) is 6.39. The van der Waals surface area contributed by atoms with Crippen LogP contribution < -0.4 is 10.1 Å². The highest BCUT2D eigenvalue weighted by atomic mass is 19.1. The minimum absolute atomic E-state index is 0.194. The Morgan fingerprint density at radius 2 is 2.04 bits per heavy atom. The van der Waals surface area contributed by atoms with Gasteiger partial charge in [-0.3, -0.25) is 0 Å². The lowest BCUT2D eigenvalue weighted by molar-refractivity contribution is 0.0519. The van der Waals surface area contributed by atoms with Gasteiger partial charge in [-0.2, -0.15) is 0 Å². The van der Waals surface area contributed by atoms with Gasteiger partial charge in [-0.05, 0) is 46.8 Å². The smallest absolute Gasteiger partial charge is 0.408 e. The van der Waals surface area contributed by atoms with E-state index >= 15 is 0 Å². The molecule has 5 nitrogen and oxygen atoms in total. The Morgan fingerprint density at radius 3 is 2.62 bits per heavy atom. The zero-order chi connectivity index (χ0) is 18.3. The normalized spacial score (nSPS) is 13.3. The van der Waals surface area contributed by atoms with Crippen LogP contribution in [0.25, 0.3) is 0 Å². The summed E-state index contributed by atoms with van der Waals surface area (Å²) in [4.78, 5) is 11.7. The first-order chi connectivity index (χ1) is 11.1. The first kappa shape index (κ1) is 19.8. The average molecular weight is 337 g/mol. The zero-order valence-electron chi connectivity index (χ0n) is 14.6. The number of halogens is 1. The molecule has 0 aliphatic rings. The molecule has 1 aromatic rings. The lowest BCUT2D eigenvalue weighted by Crippen LogP contribution is -2.37. The fourth-order valence-corrected chi connectivity index (χ4v) is 1.66. The molecular weight excluding hydrogens is 313 g/mol. The van der Waals surface area contributed by atoms with E-state index in [1.807, 2.05) is 0 Å². The van der Waals surface area contributed by atoms with Gasteiger partial charge in [0.25, 0.3) is 0 Å². The molecule has 1 rings (SSSR count). The third-order valence-electron chi connectivity index (χ3n) is 2.69. The summed E-state index contributed by atoms with van der Waals surface area (Å²) in [6, 6.07) is 3.50. The summed E-state index contributed by atoms with van der Waals surface area (Å²) in [5.74, 6) is 5.47. The molecule has 24 heavy (non-hydrogen) atoms. The summed E-state index contributed by atoms with van der Waals surface area (Å²) >= 11 is 0. The van der Waals surface area contributed by atoms with Crippen LogP contribution in [-0.2, 0) is 4.74 Å². The molecule has 2 N–H and O–H groups in total. The van der Waals surface area contributed by atoms with Gasteiger partial charge in [0.15, 0.2) is 0 Å². The van der Waals surface area contributed by atoms with E-state index in [-0.39, 0.29) is 12.4 Å². The fourth-order valence-electron chi connectivity index (χ4n) is 1.66. The Morgan fingerprint density at radius 1 is 1.38 bits per heavy atom. The van der Waals surface area contributed by atoms with Crippen LogP contribution in [-0.4, -0.2) is 35.6 Å². The summed E-state index contributed by atoms with van der Waals surface area (Å²) in [6.45, 7) is 8.49. The molecular formula is C18H24FNO4. The monoisotopic (exact) mass is 337 g/mol. The number of benzene rings is 1. The number of hydrogen-bond donors (Lipinski definition) is 2.